The first kappa shape index (κ1) is 8.97. The minimum Gasteiger partial charge on any atom is -0.392 e. The summed E-state index contributed by atoms with van der Waals surface area (Å²) in [5, 5.41) is 9.80. The van der Waals surface area contributed by atoms with E-state index in [0.29, 0.717) is 16.0 Å². The molecule has 0 aromatic carbocycles. The maximum atomic E-state index is 8.75. The van der Waals surface area contributed by atoms with Crippen molar-refractivity contribution < 1.29 is 5.11 Å². The van der Waals surface area contributed by atoms with Crippen molar-refractivity contribution in [2.75, 3.05) is 0 Å². The van der Waals surface area contributed by atoms with E-state index in [4.69, 9.17) is 16.7 Å². The number of nitrogens with zero attached hydrogens (tertiary/aromatic N) is 1. The molecule has 0 aliphatic rings. The molecule has 0 aliphatic carbocycles. The Hall–Kier alpha value is -0.120. The molecule has 60 valence electrons. The lowest BCUT2D eigenvalue weighted by atomic mass is 10.3. The number of hydrogen-bond donors (Lipinski definition) is 1. The molecule has 0 spiro atoms. The van der Waals surface area contributed by atoms with Gasteiger partial charge < -0.3 is 5.11 Å². The Morgan fingerprint density at radius 3 is 2.73 bits per heavy atom. The van der Waals surface area contributed by atoms with Crippen molar-refractivity contribution in [3.8, 4) is 0 Å². The fourth-order valence-corrected chi connectivity index (χ4v) is 1.24. The largest absolute Gasteiger partial charge is 0.392 e. The second kappa shape index (κ2) is 4.04. The third-order valence-electron chi connectivity index (χ3n) is 1.29. The molecule has 2 nitrogen and oxygen atoms in total. The van der Waals surface area contributed by atoms with Crippen LogP contribution in [-0.2, 0) is 11.9 Å². The highest BCUT2D eigenvalue weighted by molar-refractivity contribution is 9.08. The second-order valence-electron chi connectivity index (χ2n) is 2.04. The van der Waals surface area contributed by atoms with Crippen molar-refractivity contribution in [2.45, 2.75) is 11.9 Å². The summed E-state index contributed by atoms with van der Waals surface area (Å²) in [6.45, 7) is -0.0611. The lowest BCUT2D eigenvalue weighted by Gasteiger charge is -2.00. The molecule has 4 heteroatoms. The number of aromatic nitrogens is 1. The van der Waals surface area contributed by atoms with Gasteiger partial charge in [-0.3, -0.25) is 0 Å². The minimum atomic E-state index is -0.0611. The van der Waals surface area contributed by atoms with E-state index in [1.165, 1.54) is 0 Å². The van der Waals surface area contributed by atoms with Gasteiger partial charge >= 0.3 is 0 Å². The highest BCUT2D eigenvalue weighted by Crippen LogP contribution is 2.14. The predicted octanol–water partition coefficient (Wildman–Crippen LogP) is 2.12. The molecule has 0 aliphatic heterocycles. The molecule has 0 saturated heterocycles. The molecule has 1 rings (SSSR count). The van der Waals surface area contributed by atoms with E-state index in [9.17, 15) is 0 Å². The molecule has 0 amide bonds. The highest BCUT2D eigenvalue weighted by Gasteiger charge is 2.00. The van der Waals surface area contributed by atoms with Crippen molar-refractivity contribution in [3.63, 3.8) is 0 Å². The highest BCUT2D eigenvalue weighted by atomic mass is 79.9. The van der Waals surface area contributed by atoms with E-state index in [-0.39, 0.29) is 6.61 Å². The SMILES string of the molecule is OCc1ccc(CBr)nc1Cl. The zero-order chi connectivity index (χ0) is 8.27. The average molecular weight is 236 g/mol. The van der Waals surface area contributed by atoms with Crippen LogP contribution in [-0.4, -0.2) is 10.1 Å². The Kier molecular flexibility index (Phi) is 3.30. The Morgan fingerprint density at radius 2 is 2.27 bits per heavy atom. The summed E-state index contributed by atoms with van der Waals surface area (Å²) >= 11 is 8.97. The standard InChI is InChI=1S/C7H7BrClNO/c8-3-6-2-1-5(4-11)7(9)10-6/h1-2,11H,3-4H2. The molecule has 0 fully saturated rings. The van der Waals surface area contributed by atoms with Gasteiger partial charge in [-0.1, -0.05) is 33.6 Å². The maximum Gasteiger partial charge on any atom is 0.134 e. The monoisotopic (exact) mass is 235 g/mol. The third-order valence-corrected chi connectivity index (χ3v) is 2.19. The molecule has 1 heterocycles. The topological polar surface area (TPSA) is 33.1 Å². The summed E-state index contributed by atoms with van der Waals surface area (Å²) in [4.78, 5) is 4.02. The number of alkyl halides is 1. The Balaban J connectivity index is 2.99. The van der Waals surface area contributed by atoms with Crippen LogP contribution in [0.15, 0.2) is 12.1 Å². The van der Waals surface area contributed by atoms with Gasteiger partial charge in [0.05, 0.1) is 12.3 Å². The summed E-state index contributed by atoms with van der Waals surface area (Å²) in [6, 6.07) is 3.60. The van der Waals surface area contributed by atoms with Crippen LogP contribution in [0, 0.1) is 0 Å². The summed E-state index contributed by atoms with van der Waals surface area (Å²) in [6.07, 6.45) is 0. The van der Waals surface area contributed by atoms with Crippen LogP contribution < -0.4 is 0 Å². The van der Waals surface area contributed by atoms with Crippen LogP contribution in [0.2, 0.25) is 5.15 Å². The third kappa shape index (κ3) is 2.15. The summed E-state index contributed by atoms with van der Waals surface area (Å²) in [5.74, 6) is 0. The van der Waals surface area contributed by atoms with E-state index >= 15 is 0 Å². The van der Waals surface area contributed by atoms with Gasteiger partial charge in [-0.25, -0.2) is 4.98 Å². The first-order valence-electron chi connectivity index (χ1n) is 3.09. The summed E-state index contributed by atoms with van der Waals surface area (Å²) in [5.41, 5.74) is 1.53. The van der Waals surface area contributed by atoms with E-state index in [0.717, 1.165) is 5.69 Å². The van der Waals surface area contributed by atoms with E-state index in [1.807, 2.05) is 6.07 Å². The van der Waals surface area contributed by atoms with Crippen LogP contribution in [0.25, 0.3) is 0 Å². The number of rotatable bonds is 2. The number of hydrogen-bond acceptors (Lipinski definition) is 2. The van der Waals surface area contributed by atoms with Crippen LogP contribution in [0.1, 0.15) is 11.3 Å². The zero-order valence-electron chi connectivity index (χ0n) is 5.72. The Bertz CT molecular complexity index is 254. The molecule has 0 bridgehead atoms. The van der Waals surface area contributed by atoms with E-state index < -0.39 is 0 Å². The van der Waals surface area contributed by atoms with Gasteiger partial charge in [0.2, 0.25) is 0 Å². The van der Waals surface area contributed by atoms with Crippen molar-refractivity contribution in [1.29, 1.82) is 0 Å². The molecular weight excluding hydrogens is 229 g/mol. The molecular formula is C7H7BrClNO. The van der Waals surface area contributed by atoms with Crippen molar-refractivity contribution in [2.24, 2.45) is 0 Å². The quantitative estimate of drug-likeness (QED) is 0.630. The Morgan fingerprint density at radius 1 is 1.55 bits per heavy atom. The number of pyridine rings is 1. The van der Waals surface area contributed by atoms with E-state index in [2.05, 4.69) is 20.9 Å². The fraction of sp³-hybridized carbons (Fsp3) is 0.286. The van der Waals surface area contributed by atoms with Gasteiger partial charge in [-0.2, -0.15) is 0 Å². The predicted molar refractivity (Wildman–Crippen MR) is 47.8 cm³/mol. The minimum absolute atomic E-state index is 0.0611. The summed E-state index contributed by atoms with van der Waals surface area (Å²) in [7, 11) is 0. The van der Waals surface area contributed by atoms with Gasteiger partial charge in [0.15, 0.2) is 0 Å². The van der Waals surface area contributed by atoms with Crippen LogP contribution in [0.5, 0.6) is 0 Å². The molecule has 0 unspecified atom stereocenters. The number of aliphatic hydroxyl groups excluding tert-OH is 1. The zero-order valence-corrected chi connectivity index (χ0v) is 8.06. The van der Waals surface area contributed by atoms with Crippen LogP contribution in [0.4, 0.5) is 0 Å². The number of aliphatic hydroxyl groups is 1. The molecule has 0 radical (unpaired) electrons. The van der Waals surface area contributed by atoms with Gasteiger partial charge in [-0.15, -0.1) is 0 Å². The first-order chi connectivity index (χ1) is 5.27. The first-order valence-corrected chi connectivity index (χ1v) is 4.59. The fourth-order valence-electron chi connectivity index (χ4n) is 0.693. The molecule has 1 aromatic rings. The molecule has 1 aromatic heterocycles. The van der Waals surface area contributed by atoms with E-state index in [1.54, 1.807) is 6.07 Å². The van der Waals surface area contributed by atoms with Gasteiger partial charge in [0, 0.05) is 10.9 Å². The molecule has 1 N–H and O–H groups in total. The normalized spacial score (nSPS) is 10.1. The van der Waals surface area contributed by atoms with Crippen molar-refractivity contribution >= 4 is 27.5 Å². The van der Waals surface area contributed by atoms with Gasteiger partial charge in [0.1, 0.15) is 5.15 Å². The lowest BCUT2D eigenvalue weighted by molar-refractivity contribution is 0.281. The molecule has 0 saturated carbocycles. The van der Waals surface area contributed by atoms with Crippen molar-refractivity contribution in [3.05, 3.63) is 28.5 Å². The smallest absolute Gasteiger partial charge is 0.134 e. The molecule has 11 heavy (non-hydrogen) atoms. The number of halogens is 2. The van der Waals surface area contributed by atoms with Gasteiger partial charge in [-0.05, 0) is 6.07 Å². The van der Waals surface area contributed by atoms with Crippen LogP contribution >= 0.6 is 27.5 Å². The molecule has 0 atom stereocenters. The maximum absolute atomic E-state index is 8.75. The van der Waals surface area contributed by atoms with Crippen molar-refractivity contribution in [1.82, 2.24) is 4.98 Å². The Labute approximate surface area is 78.3 Å². The lowest BCUT2D eigenvalue weighted by Crippen LogP contribution is -1.91. The summed E-state index contributed by atoms with van der Waals surface area (Å²) < 4.78 is 0. The second-order valence-corrected chi connectivity index (χ2v) is 2.96. The van der Waals surface area contributed by atoms with Crippen LogP contribution in [0.3, 0.4) is 0 Å². The average Bonchev–Trinajstić information content (AvgIpc) is 2.04. The van der Waals surface area contributed by atoms with Gasteiger partial charge in [0.25, 0.3) is 0 Å².